The number of nitrogens with one attached hydrogen (secondary N) is 2. The molecule has 150 valence electrons. The number of piperidine rings is 1. The summed E-state index contributed by atoms with van der Waals surface area (Å²) >= 11 is 0. The van der Waals surface area contributed by atoms with Gasteiger partial charge in [0, 0.05) is 32.6 Å². The highest BCUT2D eigenvalue weighted by Crippen LogP contribution is 2.18. The van der Waals surface area contributed by atoms with E-state index in [4.69, 9.17) is 4.74 Å². The van der Waals surface area contributed by atoms with Crippen LogP contribution >= 0.6 is 0 Å². The van der Waals surface area contributed by atoms with Gasteiger partial charge in [-0.3, -0.25) is 9.69 Å². The molecule has 1 saturated heterocycles. The van der Waals surface area contributed by atoms with Gasteiger partial charge in [0.25, 0.3) is 0 Å². The number of nitrogens with zero attached hydrogens (tertiary/aromatic N) is 1. The van der Waals surface area contributed by atoms with Crippen LogP contribution in [0.2, 0.25) is 0 Å². The lowest BCUT2D eigenvalue weighted by molar-refractivity contribution is -0.121. The smallest absolute Gasteiger partial charge is 0.407 e. The minimum atomic E-state index is -0.529. The maximum absolute atomic E-state index is 12.0. The van der Waals surface area contributed by atoms with Gasteiger partial charge in [-0.2, -0.15) is 0 Å². The van der Waals surface area contributed by atoms with Gasteiger partial charge in [0.1, 0.15) is 5.60 Å². The monoisotopic (exact) mass is 375 g/mol. The van der Waals surface area contributed by atoms with Gasteiger partial charge in [0.05, 0.1) is 0 Å². The van der Waals surface area contributed by atoms with Crippen molar-refractivity contribution in [2.45, 2.75) is 52.2 Å². The van der Waals surface area contributed by atoms with Crippen molar-refractivity contribution < 1.29 is 14.3 Å². The molecule has 2 N–H and O–H groups in total. The summed E-state index contributed by atoms with van der Waals surface area (Å²) in [4.78, 5) is 26.0. The summed E-state index contributed by atoms with van der Waals surface area (Å²) in [5.74, 6) is 0.441. The van der Waals surface area contributed by atoms with Crippen LogP contribution in [0.15, 0.2) is 30.3 Å². The molecule has 2 amide bonds. The average Bonchev–Trinajstić information content (AvgIpc) is 2.60. The van der Waals surface area contributed by atoms with Gasteiger partial charge in [-0.1, -0.05) is 30.3 Å². The first-order valence-electron chi connectivity index (χ1n) is 9.81. The van der Waals surface area contributed by atoms with E-state index >= 15 is 0 Å². The fourth-order valence-corrected chi connectivity index (χ4v) is 3.24. The lowest BCUT2D eigenvalue weighted by atomic mass is 9.97. The number of rotatable bonds is 7. The van der Waals surface area contributed by atoms with Gasteiger partial charge < -0.3 is 15.4 Å². The van der Waals surface area contributed by atoms with E-state index in [0.717, 1.165) is 32.5 Å². The minimum absolute atomic E-state index is 0.0359. The first-order chi connectivity index (χ1) is 12.8. The molecule has 1 heterocycles. The first kappa shape index (κ1) is 21.2. The molecule has 0 radical (unpaired) electrons. The average molecular weight is 376 g/mol. The standard InChI is InChI=1S/C21H33N3O3/c1-21(2,3)27-20(26)22-12-11-19(25)23-14-18-10-7-13-24(16-18)15-17-8-5-4-6-9-17/h4-6,8-9,18H,7,10-16H2,1-3H3,(H,22,26)(H,23,25). The number of benzene rings is 1. The number of amides is 2. The third-order valence-corrected chi connectivity index (χ3v) is 4.46. The zero-order valence-electron chi connectivity index (χ0n) is 16.8. The molecule has 0 spiro atoms. The van der Waals surface area contributed by atoms with Crippen molar-refractivity contribution >= 4 is 12.0 Å². The van der Waals surface area contributed by atoms with Gasteiger partial charge in [-0.05, 0) is 51.6 Å². The second kappa shape index (κ2) is 10.3. The number of hydrogen-bond acceptors (Lipinski definition) is 4. The Labute approximate surface area is 162 Å². The number of likely N-dealkylation sites (tertiary alicyclic amines) is 1. The number of alkyl carbamates (subject to hydrolysis) is 1. The Balaban J connectivity index is 1.62. The van der Waals surface area contributed by atoms with E-state index in [1.54, 1.807) is 0 Å². The van der Waals surface area contributed by atoms with E-state index in [-0.39, 0.29) is 18.9 Å². The summed E-state index contributed by atoms with van der Waals surface area (Å²) in [6, 6.07) is 10.5. The molecule has 1 aliphatic heterocycles. The van der Waals surface area contributed by atoms with Gasteiger partial charge in [-0.25, -0.2) is 4.79 Å². The van der Waals surface area contributed by atoms with Gasteiger partial charge in [-0.15, -0.1) is 0 Å². The van der Waals surface area contributed by atoms with E-state index in [0.29, 0.717) is 12.5 Å². The second-order valence-electron chi connectivity index (χ2n) is 8.21. The number of carbonyl (C=O) groups is 2. The molecule has 1 atom stereocenters. The van der Waals surface area contributed by atoms with Crippen molar-refractivity contribution in [1.82, 2.24) is 15.5 Å². The third kappa shape index (κ3) is 8.91. The maximum atomic E-state index is 12.0. The Morgan fingerprint density at radius 2 is 1.93 bits per heavy atom. The highest BCUT2D eigenvalue weighted by atomic mass is 16.6. The Hall–Kier alpha value is -2.08. The molecule has 2 rings (SSSR count). The molecule has 1 aromatic rings. The quantitative estimate of drug-likeness (QED) is 0.769. The lowest BCUT2D eigenvalue weighted by Gasteiger charge is -2.32. The fourth-order valence-electron chi connectivity index (χ4n) is 3.24. The summed E-state index contributed by atoms with van der Waals surface area (Å²) in [6.45, 7) is 9.48. The Kier molecular flexibility index (Phi) is 8.10. The third-order valence-electron chi connectivity index (χ3n) is 4.46. The molecule has 0 aliphatic carbocycles. The Morgan fingerprint density at radius 1 is 1.19 bits per heavy atom. The van der Waals surface area contributed by atoms with Crippen molar-refractivity contribution in [3.63, 3.8) is 0 Å². The summed E-state index contributed by atoms with van der Waals surface area (Å²) in [6.07, 6.45) is 2.08. The molecule has 0 aromatic heterocycles. The molecular formula is C21H33N3O3. The molecule has 1 aromatic carbocycles. The van der Waals surface area contributed by atoms with Gasteiger partial charge >= 0.3 is 6.09 Å². The van der Waals surface area contributed by atoms with Crippen LogP contribution in [0.1, 0.15) is 45.6 Å². The van der Waals surface area contributed by atoms with Crippen molar-refractivity contribution in [2.24, 2.45) is 5.92 Å². The zero-order chi connectivity index (χ0) is 19.7. The van der Waals surface area contributed by atoms with E-state index in [1.807, 2.05) is 26.8 Å². The van der Waals surface area contributed by atoms with Crippen LogP contribution in [0, 0.1) is 5.92 Å². The molecule has 0 saturated carbocycles. The summed E-state index contributed by atoms with van der Waals surface area (Å²) < 4.78 is 5.15. The van der Waals surface area contributed by atoms with E-state index in [2.05, 4.69) is 39.8 Å². The molecule has 1 fully saturated rings. The SMILES string of the molecule is CC(C)(C)OC(=O)NCCC(=O)NCC1CCCN(Cc2ccccc2)C1. The maximum Gasteiger partial charge on any atom is 0.407 e. The molecule has 0 bridgehead atoms. The predicted octanol–water partition coefficient (Wildman–Crippen LogP) is 2.93. The minimum Gasteiger partial charge on any atom is -0.444 e. The Bertz CT molecular complexity index is 598. The number of hydrogen-bond donors (Lipinski definition) is 2. The normalized spacial score (nSPS) is 18.0. The molecule has 27 heavy (non-hydrogen) atoms. The van der Waals surface area contributed by atoms with Crippen molar-refractivity contribution in [3.8, 4) is 0 Å². The topological polar surface area (TPSA) is 70.7 Å². The highest BCUT2D eigenvalue weighted by molar-refractivity contribution is 5.77. The molecule has 1 unspecified atom stereocenters. The second-order valence-corrected chi connectivity index (χ2v) is 8.21. The summed E-state index contributed by atoms with van der Waals surface area (Å²) in [7, 11) is 0. The van der Waals surface area contributed by atoms with Gasteiger partial charge in [0.15, 0.2) is 0 Å². The van der Waals surface area contributed by atoms with Crippen LogP contribution < -0.4 is 10.6 Å². The van der Waals surface area contributed by atoms with Crippen LogP contribution in [0.4, 0.5) is 4.79 Å². The van der Waals surface area contributed by atoms with E-state index in [1.165, 1.54) is 5.56 Å². The molecule has 1 aliphatic rings. The van der Waals surface area contributed by atoms with E-state index < -0.39 is 11.7 Å². The fraction of sp³-hybridized carbons (Fsp3) is 0.619. The van der Waals surface area contributed by atoms with Crippen LogP contribution in [0.3, 0.4) is 0 Å². The molecule has 6 nitrogen and oxygen atoms in total. The number of ether oxygens (including phenoxy) is 1. The molecular weight excluding hydrogens is 342 g/mol. The van der Waals surface area contributed by atoms with Crippen molar-refractivity contribution in [3.05, 3.63) is 35.9 Å². The van der Waals surface area contributed by atoms with Crippen molar-refractivity contribution in [2.75, 3.05) is 26.2 Å². The Morgan fingerprint density at radius 3 is 2.63 bits per heavy atom. The van der Waals surface area contributed by atoms with Crippen molar-refractivity contribution in [1.29, 1.82) is 0 Å². The number of carbonyl (C=O) groups excluding carboxylic acids is 2. The molecule has 6 heteroatoms. The van der Waals surface area contributed by atoms with Crippen LogP contribution in [0.5, 0.6) is 0 Å². The summed E-state index contributed by atoms with van der Waals surface area (Å²) in [5, 5.41) is 5.61. The largest absolute Gasteiger partial charge is 0.444 e. The van der Waals surface area contributed by atoms with Crippen LogP contribution in [-0.4, -0.2) is 48.7 Å². The lowest BCUT2D eigenvalue weighted by Crippen LogP contribution is -2.41. The van der Waals surface area contributed by atoms with Crippen LogP contribution in [0.25, 0.3) is 0 Å². The highest BCUT2D eigenvalue weighted by Gasteiger charge is 2.20. The summed E-state index contributed by atoms with van der Waals surface area (Å²) in [5.41, 5.74) is 0.800. The first-order valence-corrected chi connectivity index (χ1v) is 9.81. The van der Waals surface area contributed by atoms with Gasteiger partial charge in [0.2, 0.25) is 5.91 Å². The zero-order valence-corrected chi connectivity index (χ0v) is 16.8. The predicted molar refractivity (Wildman–Crippen MR) is 106 cm³/mol. The van der Waals surface area contributed by atoms with Crippen LogP contribution in [-0.2, 0) is 16.1 Å². The van der Waals surface area contributed by atoms with E-state index in [9.17, 15) is 9.59 Å².